The van der Waals surface area contributed by atoms with Crippen molar-refractivity contribution in [2.75, 3.05) is 13.1 Å². The summed E-state index contributed by atoms with van der Waals surface area (Å²) in [6.45, 7) is 8.21. The van der Waals surface area contributed by atoms with E-state index in [9.17, 15) is 9.59 Å². The van der Waals surface area contributed by atoms with E-state index in [1.54, 1.807) is 6.92 Å². The molecule has 3 aromatic rings. The smallest absolute Gasteiger partial charge is 0.252 e. The number of nitrogens with two attached hydrogens (primary N) is 1. The van der Waals surface area contributed by atoms with Crippen molar-refractivity contribution in [1.82, 2.24) is 24.4 Å². The maximum Gasteiger partial charge on any atom is 0.252 e. The largest absolute Gasteiger partial charge is 0.365 e. The van der Waals surface area contributed by atoms with Crippen molar-refractivity contribution in [2.45, 2.75) is 64.8 Å². The molecule has 2 amide bonds. The molecule has 1 fully saturated rings. The number of nitrogens with zero attached hydrogens (tertiary/aromatic N) is 5. The molecule has 8 nitrogen and oxygen atoms in total. The van der Waals surface area contributed by atoms with Gasteiger partial charge in [0.2, 0.25) is 5.91 Å². The first kappa shape index (κ1) is 22.9. The van der Waals surface area contributed by atoms with Crippen molar-refractivity contribution in [3.8, 4) is 0 Å². The number of imidazole rings is 1. The number of carbonyl (C=O) groups excluding carboxylic acids is 2. The Kier molecular flexibility index (Phi) is 6.72. The van der Waals surface area contributed by atoms with Crippen LogP contribution in [0.25, 0.3) is 11.0 Å². The second kappa shape index (κ2) is 9.68. The topological polar surface area (TPSA) is 107 Å². The number of amides is 2. The molecule has 1 aromatic carbocycles. The molecule has 0 aliphatic carbocycles. The zero-order valence-electron chi connectivity index (χ0n) is 19.6. The predicted molar refractivity (Wildman–Crippen MR) is 127 cm³/mol. The third kappa shape index (κ3) is 4.89. The van der Waals surface area contributed by atoms with Crippen LogP contribution in [0.5, 0.6) is 0 Å². The van der Waals surface area contributed by atoms with Crippen molar-refractivity contribution >= 4 is 22.8 Å². The molecule has 2 N–H and O–H groups in total. The number of hydrogen-bond donors (Lipinski definition) is 1. The van der Waals surface area contributed by atoms with E-state index in [0.29, 0.717) is 36.0 Å². The molecule has 0 saturated carbocycles. The molecule has 2 aromatic heterocycles. The van der Waals surface area contributed by atoms with Crippen molar-refractivity contribution in [3.63, 3.8) is 0 Å². The Balaban J connectivity index is 1.39. The van der Waals surface area contributed by atoms with Crippen LogP contribution in [-0.2, 0) is 11.3 Å². The standard InChI is InChI=1S/C25H32N6O2/c1-16(2)25-29-20-9-4-5-10-21(20)31(25)13-7-11-22(32)30-12-6-8-18(15-30)24-27-14-19(23(26)33)17(3)28-24/h4-5,9-10,14,16,18H,6-8,11-13,15H2,1-3H3,(H2,26,33)/t18-/m0/s1. The Labute approximate surface area is 194 Å². The summed E-state index contributed by atoms with van der Waals surface area (Å²) in [4.78, 5) is 40.0. The van der Waals surface area contributed by atoms with Crippen molar-refractivity contribution in [1.29, 1.82) is 0 Å². The average Bonchev–Trinajstić information content (AvgIpc) is 3.18. The lowest BCUT2D eigenvalue weighted by atomic mass is 9.96. The fourth-order valence-corrected chi connectivity index (χ4v) is 4.65. The minimum absolute atomic E-state index is 0.0773. The molecule has 3 heterocycles. The molecule has 1 aliphatic rings. The van der Waals surface area contributed by atoms with Crippen LogP contribution in [0.4, 0.5) is 0 Å². The van der Waals surface area contributed by atoms with Crippen LogP contribution in [-0.4, -0.2) is 49.3 Å². The Bertz CT molecular complexity index is 1170. The van der Waals surface area contributed by atoms with Gasteiger partial charge in [0, 0.05) is 44.1 Å². The second-order valence-corrected chi connectivity index (χ2v) is 9.14. The number of rotatable bonds is 7. The van der Waals surface area contributed by atoms with Crippen LogP contribution >= 0.6 is 0 Å². The Morgan fingerprint density at radius 3 is 2.73 bits per heavy atom. The Hall–Kier alpha value is -3.29. The second-order valence-electron chi connectivity index (χ2n) is 9.14. The fourth-order valence-electron chi connectivity index (χ4n) is 4.65. The first-order valence-corrected chi connectivity index (χ1v) is 11.7. The number of fused-ring (bicyclic) bond motifs is 1. The highest BCUT2D eigenvalue weighted by Crippen LogP contribution is 2.26. The summed E-state index contributed by atoms with van der Waals surface area (Å²) in [5, 5.41) is 0. The van der Waals surface area contributed by atoms with Crippen LogP contribution in [0.15, 0.2) is 30.5 Å². The van der Waals surface area contributed by atoms with E-state index >= 15 is 0 Å². The molecular weight excluding hydrogens is 416 g/mol. The quantitative estimate of drug-likeness (QED) is 0.595. The lowest BCUT2D eigenvalue weighted by Gasteiger charge is -2.32. The fraction of sp³-hybridized carbons (Fsp3) is 0.480. The highest BCUT2D eigenvalue weighted by atomic mass is 16.2. The number of benzene rings is 1. The lowest BCUT2D eigenvalue weighted by Crippen LogP contribution is -2.39. The molecule has 1 aliphatic heterocycles. The number of primary amides is 1. The van der Waals surface area contributed by atoms with Gasteiger partial charge in [0.25, 0.3) is 5.91 Å². The van der Waals surface area contributed by atoms with Gasteiger partial charge in [-0.15, -0.1) is 0 Å². The van der Waals surface area contributed by atoms with Gasteiger partial charge in [-0.25, -0.2) is 15.0 Å². The zero-order chi connectivity index (χ0) is 23.5. The summed E-state index contributed by atoms with van der Waals surface area (Å²) in [5.41, 5.74) is 8.42. The highest BCUT2D eigenvalue weighted by Gasteiger charge is 2.27. The monoisotopic (exact) mass is 448 g/mol. The van der Waals surface area contributed by atoms with E-state index in [2.05, 4.69) is 34.4 Å². The average molecular weight is 449 g/mol. The molecule has 174 valence electrons. The SMILES string of the molecule is Cc1nc([C@H]2CCCN(C(=O)CCCn3c(C(C)C)nc4ccccc43)C2)ncc1C(N)=O. The summed E-state index contributed by atoms with van der Waals surface area (Å²) < 4.78 is 2.25. The first-order chi connectivity index (χ1) is 15.8. The van der Waals surface area contributed by atoms with Gasteiger partial charge in [0.1, 0.15) is 11.6 Å². The van der Waals surface area contributed by atoms with Gasteiger partial charge in [-0.2, -0.15) is 0 Å². The Morgan fingerprint density at radius 1 is 1.21 bits per heavy atom. The number of aryl methyl sites for hydroxylation is 2. The summed E-state index contributed by atoms with van der Waals surface area (Å²) >= 11 is 0. The number of carbonyl (C=O) groups is 2. The van der Waals surface area contributed by atoms with Gasteiger partial charge in [0.15, 0.2) is 0 Å². The van der Waals surface area contributed by atoms with Crippen LogP contribution < -0.4 is 5.73 Å². The molecule has 0 radical (unpaired) electrons. The maximum atomic E-state index is 13.0. The number of hydrogen-bond acceptors (Lipinski definition) is 5. The lowest BCUT2D eigenvalue weighted by molar-refractivity contribution is -0.132. The molecule has 0 spiro atoms. The molecule has 4 rings (SSSR count). The van der Waals surface area contributed by atoms with Crippen LogP contribution in [0, 0.1) is 6.92 Å². The molecule has 0 unspecified atom stereocenters. The summed E-state index contributed by atoms with van der Waals surface area (Å²) in [7, 11) is 0. The van der Waals surface area contributed by atoms with Gasteiger partial charge in [-0.05, 0) is 38.3 Å². The third-order valence-electron chi connectivity index (χ3n) is 6.38. The third-order valence-corrected chi connectivity index (χ3v) is 6.38. The van der Waals surface area contributed by atoms with Crippen molar-refractivity contribution < 1.29 is 9.59 Å². The van der Waals surface area contributed by atoms with Gasteiger partial charge >= 0.3 is 0 Å². The van der Waals surface area contributed by atoms with E-state index in [-0.39, 0.29) is 11.8 Å². The zero-order valence-corrected chi connectivity index (χ0v) is 19.6. The van der Waals surface area contributed by atoms with E-state index in [0.717, 1.165) is 49.2 Å². The van der Waals surface area contributed by atoms with E-state index in [1.165, 1.54) is 6.20 Å². The van der Waals surface area contributed by atoms with E-state index < -0.39 is 5.91 Å². The summed E-state index contributed by atoms with van der Waals surface area (Å²) in [5.74, 6) is 1.79. The van der Waals surface area contributed by atoms with Crippen molar-refractivity contribution in [2.24, 2.45) is 5.73 Å². The predicted octanol–water partition coefficient (Wildman–Crippen LogP) is 3.54. The molecule has 33 heavy (non-hydrogen) atoms. The number of likely N-dealkylation sites (tertiary alicyclic amines) is 1. The number of piperidine rings is 1. The summed E-state index contributed by atoms with van der Waals surface area (Å²) in [6, 6.07) is 8.17. The maximum absolute atomic E-state index is 13.0. The highest BCUT2D eigenvalue weighted by molar-refractivity contribution is 5.93. The van der Waals surface area contributed by atoms with Crippen LogP contribution in [0.3, 0.4) is 0 Å². The molecule has 8 heteroatoms. The Morgan fingerprint density at radius 2 is 2.00 bits per heavy atom. The first-order valence-electron chi connectivity index (χ1n) is 11.7. The van der Waals surface area contributed by atoms with Crippen LogP contribution in [0.1, 0.15) is 79.1 Å². The van der Waals surface area contributed by atoms with Gasteiger partial charge in [-0.3, -0.25) is 9.59 Å². The van der Waals surface area contributed by atoms with E-state index in [1.807, 2.05) is 23.1 Å². The van der Waals surface area contributed by atoms with Gasteiger partial charge in [0.05, 0.1) is 22.3 Å². The minimum atomic E-state index is -0.522. The number of para-hydroxylation sites is 2. The minimum Gasteiger partial charge on any atom is -0.365 e. The summed E-state index contributed by atoms with van der Waals surface area (Å²) in [6.07, 6.45) is 4.61. The van der Waals surface area contributed by atoms with E-state index in [4.69, 9.17) is 10.7 Å². The number of aromatic nitrogens is 4. The van der Waals surface area contributed by atoms with Crippen LogP contribution in [0.2, 0.25) is 0 Å². The molecule has 1 atom stereocenters. The van der Waals surface area contributed by atoms with Crippen molar-refractivity contribution in [3.05, 3.63) is 53.4 Å². The molecule has 0 bridgehead atoms. The molecular formula is C25H32N6O2. The van der Waals surface area contributed by atoms with Gasteiger partial charge < -0.3 is 15.2 Å². The molecule has 1 saturated heterocycles. The van der Waals surface area contributed by atoms with Gasteiger partial charge in [-0.1, -0.05) is 26.0 Å². The normalized spacial score (nSPS) is 16.5.